The van der Waals surface area contributed by atoms with Crippen LogP contribution in [-0.4, -0.2) is 27.2 Å². The second-order valence-corrected chi connectivity index (χ2v) is 5.97. The van der Waals surface area contributed by atoms with Crippen molar-refractivity contribution < 1.29 is 14.6 Å². The minimum absolute atomic E-state index is 0.610. The van der Waals surface area contributed by atoms with Gasteiger partial charge in [0.05, 0.1) is 19.1 Å². The molecule has 2 aromatic rings. The average Bonchev–Trinajstić information content (AvgIpc) is 2.83. The molecular formula is C15H20Cl2N2O+2. The lowest BCUT2D eigenvalue weighted by Gasteiger charge is -2.05. The van der Waals surface area contributed by atoms with E-state index in [-0.39, 0.29) is 0 Å². The molecule has 0 spiro atoms. The third-order valence-electron chi connectivity index (χ3n) is 3.05. The van der Waals surface area contributed by atoms with Gasteiger partial charge in [-0.3, -0.25) is 0 Å². The zero-order valence-corrected chi connectivity index (χ0v) is 13.3. The van der Waals surface area contributed by atoms with Crippen LogP contribution in [0, 0.1) is 0 Å². The van der Waals surface area contributed by atoms with Gasteiger partial charge in [-0.1, -0.05) is 23.2 Å². The van der Waals surface area contributed by atoms with Gasteiger partial charge >= 0.3 is 0 Å². The zero-order valence-electron chi connectivity index (χ0n) is 11.7. The standard InChI is InChI=1S/C15H18Cl2N2O/c1-19(2)8-7-18-10-12-4-6-15(20-12)13-5-3-11(16)9-14(13)17/h3-6,9,18H,7-8,10H2,1-2H3/p+2. The molecule has 1 aromatic carbocycles. The molecule has 0 aliphatic rings. The maximum Gasteiger partial charge on any atom is 0.158 e. The second-order valence-electron chi connectivity index (χ2n) is 5.13. The molecule has 3 nitrogen and oxygen atoms in total. The van der Waals surface area contributed by atoms with Crippen molar-refractivity contribution in [3.63, 3.8) is 0 Å². The molecule has 2 rings (SSSR count). The van der Waals surface area contributed by atoms with Crippen LogP contribution in [0.5, 0.6) is 0 Å². The molecule has 5 heteroatoms. The molecular weight excluding hydrogens is 295 g/mol. The van der Waals surface area contributed by atoms with E-state index in [2.05, 4.69) is 19.4 Å². The maximum atomic E-state index is 6.18. The summed E-state index contributed by atoms with van der Waals surface area (Å²) in [6.07, 6.45) is 0. The molecule has 1 aromatic heterocycles. The minimum atomic E-state index is 0.610. The monoisotopic (exact) mass is 314 g/mol. The van der Waals surface area contributed by atoms with Gasteiger partial charge in [0.2, 0.25) is 0 Å². The zero-order chi connectivity index (χ0) is 14.5. The van der Waals surface area contributed by atoms with Gasteiger partial charge in [0.1, 0.15) is 25.4 Å². The van der Waals surface area contributed by atoms with E-state index in [1.807, 2.05) is 24.3 Å². The highest BCUT2D eigenvalue weighted by atomic mass is 35.5. The van der Waals surface area contributed by atoms with Gasteiger partial charge in [-0.05, 0) is 30.3 Å². The Labute approximate surface area is 129 Å². The molecule has 0 atom stereocenters. The van der Waals surface area contributed by atoms with Gasteiger partial charge in [-0.2, -0.15) is 0 Å². The summed E-state index contributed by atoms with van der Waals surface area (Å²) in [4.78, 5) is 1.45. The third kappa shape index (κ3) is 4.25. The summed E-state index contributed by atoms with van der Waals surface area (Å²) in [6.45, 7) is 3.06. The molecule has 0 amide bonds. The Morgan fingerprint density at radius 2 is 1.95 bits per heavy atom. The fourth-order valence-corrected chi connectivity index (χ4v) is 2.46. The summed E-state index contributed by atoms with van der Waals surface area (Å²) in [5.74, 6) is 1.74. The van der Waals surface area contributed by atoms with Crippen LogP contribution in [0.1, 0.15) is 5.76 Å². The first-order chi connectivity index (χ1) is 9.56. The van der Waals surface area contributed by atoms with Crippen molar-refractivity contribution in [2.24, 2.45) is 0 Å². The number of nitrogens with two attached hydrogens (primary N) is 1. The first-order valence-electron chi connectivity index (χ1n) is 6.71. The fraction of sp³-hybridized carbons (Fsp3) is 0.333. The predicted molar refractivity (Wildman–Crippen MR) is 82.3 cm³/mol. The summed E-state index contributed by atoms with van der Waals surface area (Å²) in [5.41, 5.74) is 0.875. The lowest BCUT2D eigenvalue weighted by atomic mass is 10.2. The van der Waals surface area contributed by atoms with Crippen LogP contribution in [0.15, 0.2) is 34.7 Å². The van der Waals surface area contributed by atoms with Crippen LogP contribution in [0.25, 0.3) is 11.3 Å². The van der Waals surface area contributed by atoms with Gasteiger partial charge in [-0.25, -0.2) is 0 Å². The Bertz CT molecular complexity index is 567. The summed E-state index contributed by atoms with van der Waals surface area (Å²) in [6, 6.07) is 9.38. The second kappa shape index (κ2) is 7.14. The Morgan fingerprint density at radius 1 is 1.15 bits per heavy atom. The molecule has 0 unspecified atom stereocenters. The van der Waals surface area contributed by atoms with Gasteiger partial charge in [0.15, 0.2) is 5.76 Å². The van der Waals surface area contributed by atoms with Gasteiger partial charge in [-0.15, -0.1) is 0 Å². The average molecular weight is 315 g/mol. The number of benzene rings is 1. The van der Waals surface area contributed by atoms with Crippen LogP contribution in [0.4, 0.5) is 0 Å². The minimum Gasteiger partial charge on any atom is -0.455 e. The molecule has 20 heavy (non-hydrogen) atoms. The highest BCUT2D eigenvalue weighted by Crippen LogP contribution is 2.31. The van der Waals surface area contributed by atoms with Crippen molar-refractivity contribution in [3.8, 4) is 11.3 Å². The molecule has 0 radical (unpaired) electrons. The van der Waals surface area contributed by atoms with E-state index >= 15 is 0 Å². The SMILES string of the molecule is C[NH+](C)CC[NH2+]Cc1ccc(-c2ccc(Cl)cc2Cl)o1. The lowest BCUT2D eigenvalue weighted by Crippen LogP contribution is -3.09. The van der Waals surface area contributed by atoms with Crippen molar-refractivity contribution in [2.45, 2.75) is 6.54 Å². The molecule has 108 valence electrons. The molecule has 0 aliphatic carbocycles. The summed E-state index contributed by atoms with van der Waals surface area (Å²) in [5, 5.41) is 3.49. The lowest BCUT2D eigenvalue weighted by molar-refractivity contribution is -0.875. The normalized spacial score (nSPS) is 11.2. The highest BCUT2D eigenvalue weighted by Gasteiger charge is 2.10. The van der Waals surface area contributed by atoms with Crippen LogP contribution in [-0.2, 0) is 6.54 Å². The van der Waals surface area contributed by atoms with Crippen molar-refractivity contribution in [2.75, 3.05) is 27.2 Å². The number of furan rings is 1. The Balaban J connectivity index is 1.98. The number of nitrogens with one attached hydrogen (secondary N) is 1. The van der Waals surface area contributed by atoms with Crippen molar-refractivity contribution >= 4 is 23.2 Å². The molecule has 3 N–H and O–H groups in total. The van der Waals surface area contributed by atoms with E-state index in [1.54, 1.807) is 6.07 Å². The number of rotatable bonds is 6. The van der Waals surface area contributed by atoms with Crippen molar-refractivity contribution in [3.05, 3.63) is 46.1 Å². The molecule has 1 heterocycles. The third-order valence-corrected chi connectivity index (χ3v) is 3.60. The van der Waals surface area contributed by atoms with E-state index < -0.39 is 0 Å². The van der Waals surface area contributed by atoms with Crippen LogP contribution in [0.2, 0.25) is 10.0 Å². The summed E-state index contributed by atoms with van der Waals surface area (Å²) in [7, 11) is 4.31. The van der Waals surface area contributed by atoms with Crippen LogP contribution >= 0.6 is 23.2 Å². The number of halogens is 2. The van der Waals surface area contributed by atoms with E-state index in [0.29, 0.717) is 10.0 Å². The first-order valence-corrected chi connectivity index (χ1v) is 7.46. The molecule has 0 saturated carbocycles. The van der Waals surface area contributed by atoms with E-state index in [0.717, 1.165) is 36.7 Å². The van der Waals surface area contributed by atoms with Crippen LogP contribution < -0.4 is 10.2 Å². The fourth-order valence-electron chi connectivity index (χ4n) is 1.96. The number of likely N-dealkylation sites (N-methyl/N-ethyl adjacent to an activating group) is 1. The maximum absolute atomic E-state index is 6.18. The van der Waals surface area contributed by atoms with Gasteiger partial charge in [0.25, 0.3) is 0 Å². The largest absolute Gasteiger partial charge is 0.455 e. The van der Waals surface area contributed by atoms with Crippen LogP contribution in [0.3, 0.4) is 0 Å². The number of hydrogen-bond acceptors (Lipinski definition) is 1. The molecule has 0 saturated heterocycles. The van der Waals surface area contributed by atoms with E-state index in [9.17, 15) is 0 Å². The Morgan fingerprint density at radius 3 is 2.65 bits per heavy atom. The van der Waals surface area contributed by atoms with Gasteiger partial charge in [0, 0.05) is 10.6 Å². The van der Waals surface area contributed by atoms with E-state index in [4.69, 9.17) is 27.6 Å². The van der Waals surface area contributed by atoms with Crippen molar-refractivity contribution in [1.29, 1.82) is 0 Å². The molecule has 0 aliphatic heterocycles. The van der Waals surface area contributed by atoms with Crippen molar-refractivity contribution in [1.82, 2.24) is 0 Å². The Kier molecular flexibility index (Phi) is 5.49. The predicted octanol–water partition coefficient (Wildman–Crippen LogP) is 1.46. The molecule has 0 fully saturated rings. The first kappa shape index (κ1) is 15.4. The number of quaternary nitrogens is 2. The topological polar surface area (TPSA) is 34.2 Å². The summed E-state index contributed by atoms with van der Waals surface area (Å²) < 4.78 is 5.83. The van der Waals surface area contributed by atoms with E-state index in [1.165, 1.54) is 4.90 Å². The number of hydrogen-bond donors (Lipinski definition) is 2. The summed E-state index contributed by atoms with van der Waals surface area (Å²) >= 11 is 12.1. The van der Waals surface area contributed by atoms with Gasteiger partial charge < -0.3 is 14.6 Å². The Hall–Kier alpha value is -1.00. The smallest absolute Gasteiger partial charge is 0.158 e. The highest BCUT2D eigenvalue weighted by molar-refractivity contribution is 6.36. The molecule has 0 bridgehead atoms. The quantitative estimate of drug-likeness (QED) is 0.778.